The molecule has 0 bridgehead atoms. The minimum absolute atomic E-state index is 0.0330. The third kappa shape index (κ3) is 7.62. The molecule has 0 aromatic carbocycles. The molecule has 0 spiro atoms. The van der Waals surface area contributed by atoms with Crippen LogP contribution in [0.15, 0.2) is 0 Å². The monoisotopic (exact) mass is 186 g/mol. The van der Waals surface area contributed by atoms with E-state index >= 15 is 0 Å². The Hall–Kier alpha value is -0.730. The van der Waals surface area contributed by atoms with Crippen LogP contribution in [0.2, 0.25) is 0 Å². The molecule has 0 rings (SSSR count). The summed E-state index contributed by atoms with van der Waals surface area (Å²) in [7, 11) is 0. The van der Waals surface area contributed by atoms with Crippen LogP contribution in [0, 0.1) is 0 Å². The van der Waals surface area contributed by atoms with Gasteiger partial charge in [-0.15, -0.1) is 0 Å². The summed E-state index contributed by atoms with van der Waals surface area (Å²) in [5, 5.41) is 5.71. The van der Waals surface area contributed by atoms with E-state index in [1.165, 1.54) is 0 Å². The fraction of sp³-hybridized carbons (Fsp3) is 0.900. The highest BCUT2D eigenvalue weighted by molar-refractivity contribution is 5.74. The van der Waals surface area contributed by atoms with Crippen molar-refractivity contribution in [1.29, 1.82) is 0 Å². The maximum Gasteiger partial charge on any atom is 0.314 e. The average molecular weight is 186 g/mol. The van der Waals surface area contributed by atoms with Crippen molar-refractivity contribution >= 4 is 6.03 Å². The molecule has 0 aliphatic rings. The largest absolute Gasteiger partial charge is 0.338 e. The van der Waals surface area contributed by atoms with Gasteiger partial charge in [0.05, 0.1) is 0 Å². The van der Waals surface area contributed by atoms with Crippen LogP contribution >= 0.6 is 0 Å². The predicted octanol–water partition coefficient (Wildman–Crippen LogP) is 2.27. The summed E-state index contributed by atoms with van der Waals surface area (Å²) >= 11 is 0. The van der Waals surface area contributed by atoms with Gasteiger partial charge in [-0.1, -0.05) is 26.7 Å². The lowest BCUT2D eigenvalue weighted by atomic mass is 10.2. The van der Waals surface area contributed by atoms with Gasteiger partial charge in [0.1, 0.15) is 0 Å². The van der Waals surface area contributed by atoms with E-state index in [4.69, 9.17) is 0 Å². The Balaban J connectivity index is 3.38. The van der Waals surface area contributed by atoms with Crippen LogP contribution in [0.25, 0.3) is 0 Å². The Bertz CT molecular complexity index is 137. The zero-order valence-electron chi connectivity index (χ0n) is 9.02. The molecule has 0 aliphatic carbocycles. The van der Waals surface area contributed by atoms with E-state index in [0.29, 0.717) is 0 Å². The zero-order chi connectivity index (χ0) is 10.1. The Morgan fingerprint density at radius 3 is 2.54 bits per heavy atom. The summed E-state index contributed by atoms with van der Waals surface area (Å²) in [6.45, 7) is 7.04. The second-order valence-electron chi connectivity index (χ2n) is 3.44. The molecular weight excluding hydrogens is 164 g/mol. The molecule has 3 heteroatoms. The highest BCUT2D eigenvalue weighted by Gasteiger charge is 2.03. The Labute approximate surface area is 81.3 Å². The van der Waals surface area contributed by atoms with Crippen LogP contribution in [0.3, 0.4) is 0 Å². The minimum atomic E-state index is -0.0330. The van der Waals surface area contributed by atoms with Gasteiger partial charge in [0.15, 0.2) is 0 Å². The average Bonchev–Trinajstić information content (AvgIpc) is 2.05. The van der Waals surface area contributed by atoms with E-state index in [1.807, 2.05) is 6.92 Å². The van der Waals surface area contributed by atoms with E-state index < -0.39 is 0 Å². The second kappa shape index (κ2) is 7.90. The molecule has 0 heterocycles. The van der Waals surface area contributed by atoms with Crippen LogP contribution in [-0.4, -0.2) is 18.6 Å². The van der Waals surface area contributed by atoms with Crippen LogP contribution in [0.1, 0.15) is 46.5 Å². The first-order valence-corrected chi connectivity index (χ1v) is 5.25. The number of amides is 2. The molecular formula is C10H22N2O. The van der Waals surface area contributed by atoms with E-state index in [9.17, 15) is 4.79 Å². The Kier molecular flexibility index (Phi) is 7.45. The van der Waals surface area contributed by atoms with Crippen LogP contribution in [-0.2, 0) is 0 Å². The molecule has 1 atom stereocenters. The number of urea groups is 1. The van der Waals surface area contributed by atoms with Gasteiger partial charge in [0.25, 0.3) is 0 Å². The van der Waals surface area contributed by atoms with Crippen molar-refractivity contribution < 1.29 is 4.79 Å². The highest BCUT2D eigenvalue weighted by atomic mass is 16.2. The van der Waals surface area contributed by atoms with Gasteiger partial charge in [-0.05, 0) is 19.8 Å². The normalized spacial score (nSPS) is 12.2. The molecule has 0 aromatic rings. The first-order chi connectivity index (χ1) is 6.20. The number of rotatable bonds is 6. The van der Waals surface area contributed by atoms with Crippen molar-refractivity contribution in [2.24, 2.45) is 0 Å². The summed E-state index contributed by atoms with van der Waals surface area (Å²) in [5.41, 5.74) is 0. The number of hydrogen-bond donors (Lipinski definition) is 2. The molecule has 0 radical (unpaired) electrons. The molecule has 78 valence electrons. The van der Waals surface area contributed by atoms with Gasteiger partial charge in [0, 0.05) is 12.6 Å². The van der Waals surface area contributed by atoms with Gasteiger partial charge in [0.2, 0.25) is 0 Å². The molecule has 2 N–H and O–H groups in total. The Morgan fingerprint density at radius 2 is 2.00 bits per heavy atom. The number of carbonyl (C=O) groups excluding carboxylic acids is 1. The van der Waals surface area contributed by atoms with E-state index in [0.717, 1.165) is 32.2 Å². The van der Waals surface area contributed by atoms with Crippen molar-refractivity contribution in [2.75, 3.05) is 6.54 Å². The van der Waals surface area contributed by atoms with Crippen molar-refractivity contribution in [2.45, 2.75) is 52.5 Å². The van der Waals surface area contributed by atoms with E-state index in [2.05, 4.69) is 24.5 Å². The lowest BCUT2D eigenvalue weighted by molar-refractivity contribution is 0.237. The lowest BCUT2D eigenvalue weighted by Crippen LogP contribution is -2.40. The quantitative estimate of drug-likeness (QED) is 0.614. The van der Waals surface area contributed by atoms with Crippen LogP contribution < -0.4 is 10.6 Å². The molecule has 0 fully saturated rings. The molecule has 13 heavy (non-hydrogen) atoms. The third-order valence-electron chi connectivity index (χ3n) is 1.92. The number of nitrogens with one attached hydrogen (secondary N) is 2. The summed E-state index contributed by atoms with van der Waals surface area (Å²) < 4.78 is 0. The summed E-state index contributed by atoms with van der Waals surface area (Å²) in [4.78, 5) is 11.2. The number of unbranched alkanes of at least 4 members (excludes halogenated alkanes) is 1. The molecule has 0 aromatic heterocycles. The SMILES string of the molecule is CCCCNC(=O)NC(C)CCC. The van der Waals surface area contributed by atoms with Crippen molar-refractivity contribution in [3.63, 3.8) is 0 Å². The van der Waals surface area contributed by atoms with Crippen LogP contribution in [0.4, 0.5) is 4.79 Å². The zero-order valence-corrected chi connectivity index (χ0v) is 9.02. The van der Waals surface area contributed by atoms with Gasteiger partial charge in [-0.2, -0.15) is 0 Å². The van der Waals surface area contributed by atoms with Crippen molar-refractivity contribution in [1.82, 2.24) is 10.6 Å². The minimum Gasteiger partial charge on any atom is -0.338 e. The predicted molar refractivity (Wildman–Crippen MR) is 55.8 cm³/mol. The molecule has 0 saturated heterocycles. The smallest absolute Gasteiger partial charge is 0.314 e. The summed E-state index contributed by atoms with van der Waals surface area (Å²) in [5.74, 6) is 0. The number of hydrogen-bond acceptors (Lipinski definition) is 1. The lowest BCUT2D eigenvalue weighted by Gasteiger charge is -2.13. The van der Waals surface area contributed by atoms with E-state index in [1.54, 1.807) is 0 Å². The summed E-state index contributed by atoms with van der Waals surface area (Å²) in [6, 6.07) is 0.251. The van der Waals surface area contributed by atoms with Crippen LogP contribution in [0.5, 0.6) is 0 Å². The first kappa shape index (κ1) is 12.3. The topological polar surface area (TPSA) is 41.1 Å². The highest BCUT2D eigenvalue weighted by Crippen LogP contribution is 1.93. The Morgan fingerprint density at radius 1 is 1.31 bits per heavy atom. The van der Waals surface area contributed by atoms with Crippen molar-refractivity contribution in [3.8, 4) is 0 Å². The maximum atomic E-state index is 11.2. The first-order valence-electron chi connectivity index (χ1n) is 5.25. The molecule has 0 saturated carbocycles. The van der Waals surface area contributed by atoms with E-state index in [-0.39, 0.29) is 12.1 Å². The standard InChI is InChI=1S/C10H22N2O/c1-4-6-8-11-10(13)12-9(3)7-5-2/h9H,4-8H2,1-3H3,(H2,11,12,13). The van der Waals surface area contributed by atoms with Crippen molar-refractivity contribution in [3.05, 3.63) is 0 Å². The molecule has 0 aliphatic heterocycles. The third-order valence-corrected chi connectivity index (χ3v) is 1.92. The summed E-state index contributed by atoms with van der Waals surface area (Å²) in [6.07, 6.45) is 4.32. The van der Waals surface area contributed by atoms with Gasteiger partial charge in [-0.3, -0.25) is 0 Å². The molecule has 1 unspecified atom stereocenters. The fourth-order valence-electron chi connectivity index (χ4n) is 1.16. The van der Waals surface area contributed by atoms with Gasteiger partial charge < -0.3 is 10.6 Å². The molecule has 2 amide bonds. The van der Waals surface area contributed by atoms with Gasteiger partial charge >= 0.3 is 6.03 Å². The maximum absolute atomic E-state index is 11.2. The fourth-order valence-corrected chi connectivity index (χ4v) is 1.16. The van der Waals surface area contributed by atoms with Gasteiger partial charge in [-0.25, -0.2) is 4.79 Å². The number of carbonyl (C=O) groups is 1. The molecule has 3 nitrogen and oxygen atoms in total. The second-order valence-corrected chi connectivity index (χ2v) is 3.44.